The minimum absolute atomic E-state index is 0.0773. The summed E-state index contributed by atoms with van der Waals surface area (Å²) in [5, 5.41) is 5.56. The molecule has 0 radical (unpaired) electrons. The number of carbonyl (C=O) groups is 3. The van der Waals surface area contributed by atoms with Gasteiger partial charge in [0.15, 0.2) is 0 Å². The predicted molar refractivity (Wildman–Crippen MR) is 106 cm³/mol. The molecule has 2 aromatic carbocycles. The zero-order chi connectivity index (χ0) is 19.4. The van der Waals surface area contributed by atoms with Crippen LogP contribution in [0.15, 0.2) is 60.7 Å². The summed E-state index contributed by atoms with van der Waals surface area (Å²) in [7, 11) is 0. The largest absolute Gasteiger partial charge is 0.366 e. The Morgan fingerprint density at radius 2 is 1.44 bits per heavy atom. The van der Waals surface area contributed by atoms with E-state index in [1.54, 1.807) is 12.1 Å². The summed E-state index contributed by atoms with van der Waals surface area (Å²) in [6.07, 6.45) is 0. The topological polar surface area (TPSA) is 127 Å². The van der Waals surface area contributed by atoms with E-state index in [-0.39, 0.29) is 16.5 Å². The molecule has 7 nitrogen and oxygen atoms in total. The van der Waals surface area contributed by atoms with Crippen molar-refractivity contribution in [1.29, 1.82) is 0 Å². The van der Waals surface area contributed by atoms with Crippen LogP contribution in [0.5, 0.6) is 0 Å². The van der Waals surface area contributed by atoms with Gasteiger partial charge in [0.25, 0.3) is 11.8 Å². The van der Waals surface area contributed by atoms with Gasteiger partial charge in [0.05, 0.1) is 10.6 Å². The van der Waals surface area contributed by atoms with E-state index in [2.05, 4.69) is 10.6 Å². The third kappa shape index (κ3) is 4.31. The first-order valence-electron chi connectivity index (χ1n) is 7.91. The van der Waals surface area contributed by atoms with Crippen molar-refractivity contribution in [2.24, 2.45) is 11.5 Å². The van der Waals surface area contributed by atoms with Crippen molar-refractivity contribution in [2.75, 3.05) is 10.6 Å². The fourth-order valence-electron chi connectivity index (χ4n) is 2.47. The van der Waals surface area contributed by atoms with Gasteiger partial charge in [-0.05, 0) is 29.3 Å². The maximum Gasteiger partial charge on any atom is 0.317 e. The molecule has 0 fully saturated rings. The van der Waals surface area contributed by atoms with E-state index in [9.17, 15) is 14.4 Å². The summed E-state index contributed by atoms with van der Waals surface area (Å²) in [5.74, 6) is -1.08. The molecule has 4 amide bonds. The van der Waals surface area contributed by atoms with Gasteiger partial charge in [0.1, 0.15) is 5.00 Å². The van der Waals surface area contributed by atoms with E-state index in [4.69, 9.17) is 11.5 Å². The molecule has 27 heavy (non-hydrogen) atoms. The molecule has 0 bridgehead atoms. The van der Waals surface area contributed by atoms with E-state index in [1.165, 1.54) is 6.07 Å². The number of benzene rings is 2. The first kappa shape index (κ1) is 18.2. The maximum atomic E-state index is 12.4. The Balaban J connectivity index is 1.77. The first-order valence-corrected chi connectivity index (χ1v) is 8.72. The highest BCUT2D eigenvalue weighted by Crippen LogP contribution is 2.32. The van der Waals surface area contributed by atoms with Crippen LogP contribution in [0.4, 0.5) is 14.8 Å². The zero-order valence-electron chi connectivity index (χ0n) is 14.1. The third-order valence-electron chi connectivity index (χ3n) is 3.73. The molecule has 8 heteroatoms. The number of nitrogens with two attached hydrogens (primary N) is 2. The van der Waals surface area contributed by atoms with Gasteiger partial charge in [-0.25, -0.2) is 4.79 Å². The van der Waals surface area contributed by atoms with Crippen LogP contribution in [-0.2, 0) is 0 Å². The number of primary amides is 2. The lowest BCUT2D eigenvalue weighted by Gasteiger charge is -2.05. The van der Waals surface area contributed by atoms with Crippen molar-refractivity contribution in [3.63, 3.8) is 0 Å². The fraction of sp³-hybridized carbons (Fsp3) is 0. The summed E-state index contributed by atoms with van der Waals surface area (Å²) in [6, 6.07) is 17.5. The highest BCUT2D eigenvalue weighted by molar-refractivity contribution is 7.20. The number of carbonyl (C=O) groups excluding carboxylic acids is 3. The van der Waals surface area contributed by atoms with E-state index in [1.807, 2.05) is 42.5 Å². The highest BCUT2D eigenvalue weighted by atomic mass is 32.1. The normalized spacial score (nSPS) is 10.2. The molecule has 0 saturated carbocycles. The highest BCUT2D eigenvalue weighted by Gasteiger charge is 2.17. The number of amides is 4. The average molecular weight is 380 g/mol. The molecule has 1 aromatic heterocycles. The van der Waals surface area contributed by atoms with Gasteiger partial charge >= 0.3 is 6.03 Å². The van der Waals surface area contributed by atoms with Crippen molar-refractivity contribution in [3.8, 4) is 11.1 Å². The van der Waals surface area contributed by atoms with E-state index < -0.39 is 11.9 Å². The molecule has 0 atom stereocenters. The molecule has 0 saturated heterocycles. The molecule has 0 unspecified atom stereocenters. The van der Waals surface area contributed by atoms with Gasteiger partial charge in [0.2, 0.25) is 0 Å². The van der Waals surface area contributed by atoms with Crippen LogP contribution in [0.3, 0.4) is 0 Å². The second-order valence-corrected chi connectivity index (χ2v) is 6.66. The third-order valence-corrected chi connectivity index (χ3v) is 4.69. The van der Waals surface area contributed by atoms with Crippen molar-refractivity contribution < 1.29 is 14.4 Å². The van der Waals surface area contributed by atoms with Crippen LogP contribution in [0.25, 0.3) is 11.1 Å². The summed E-state index contributed by atoms with van der Waals surface area (Å²) < 4.78 is 0. The van der Waals surface area contributed by atoms with Crippen LogP contribution in [0, 0.1) is 0 Å². The number of thiophene rings is 1. The fourth-order valence-corrected chi connectivity index (χ4v) is 3.43. The maximum absolute atomic E-state index is 12.4. The minimum atomic E-state index is -0.825. The lowest BCUT2D eigenvalue weighted by Crippen LogP contribution is -2.21. The van der Waals surface area contributed by atoms with Gasteiger partial charge in [-0.2, -0.15) is 0 Å². The summed E-state index contributed by atoms with van der Waals surface area (Å²) in [4.78, 5) is 34.9. The summed E-state index contributed by atoms with van der Waals surface area (Å²) >= 11 is 0.994. The second kappa shape index (κ2) is 7.71. The number of hydrogen-bond donors (Lipinski definition) is 4. The number of urea groups is 1. The Labute approximate surface area is 159 Å². The summed E-state index contributed by atoms with van der Waals surface area (Å²) in [6.45, 7) is 0. The molecule has 136 valence electrons. The molecule has 0 aliphatic carbocycles. The molecule has 0 aliphatic heterocycles. The minimum Gasteiger partial charge on any atom is -0.366 e. The quantitative estimate of drug-likeness (QED) is 0.542. The lowest BCUT2D eigenvalue weighted by molar-refractivity contribution is 0.0997. The monoisotopic (exact) mass is 380 g/mol. The Morgan fingerprint density at radius 3 is 2.04 bits per heavy atom. The number of anilines is 2. The number of hydrogen-bond acceptors (Lipinski definition) is 4. The first-order chi connectivity index (χ1) is 12.9. The van der Waals surface area contributed by atoms with Crippen LogP contribution < -0.4 is 22.1 Å². The Kier molecular flexibility index (Phi) is 5.18. The van der Waals surface area contributed by atoms with Crippen molar-refractivity contribution in [3.05, 3.63) is 71.8 Å². The standard InChI is InChI=1S/C19H16N4O3S/c20-16(24)14-10-15(27-18(14)23-19(21)26)22-17(25)13-8-6-12(7-9-13)11-4-2-1-3-5-11/h1-10H,(H2,20,24)(H,22,25)(H3,21,23,26). The van der Waals surface area contributed by atoms with Crippen LogP contribution >= 0.6 is 11.3 Å². The molecule has 3 aromatic rings. The van der Waals surface area contributed by atoms with Crippen molar-refractivity contribution in [1.82, 2.24) is 0 Å². The predicted octanol–water partition coefficient (Wildman–Crippen LogP) is 3.26. The van der Waals surface area contributed by atoms with Gasteiger partial charge in [0, 0.05) is 5.56 Å². The smallest absolute Gasteiger partial charge is 0.317 e. The second-order valence-electron chi connectivity index (χ2n) is 5.60. The van der Waals surface area contributed by atoms with E-state index in [0.29, 0.717) is 10.6 Å². The van der Waals surface area contributed by atoms with Gasteiger partial charge in [-0.15, -0.1) is 0 Å². The Morgan fingerprint density at radius 1 is 0.815 bits per heavy atom. The van der Waals surface area contributed by atoms with Gasteiger partial charge in [-0.1, -0.05) is 53.8 Å². The molecule has 0 spiro atoms. The molecule has 6 N–H and O–H groups in total. The number of nitrogens with one attached hydrogen (secondary N) is 2. The molecule has 0 aliphatic rings. The lowest BCUT2D eigenvalue weighted by atomic mass is 10.0. The molecule has 3 rings (SSSR count). The average Bonchev–Trinajstić information content (AvgIpc) is 3.04. The Bertz CT molecular complexity index is 998. The van der Waals surface area contributed by atoms with Gasteiger partial charge < -0.3 is 16.8 Å². The SMILES string of the molecule is NC(=O)Nc1sc(NC(=O)c2ccc(-c3ccccc3)cc2)cc1C(N)=O. The van der Waals surface area contributed by atoms with Crippen LogP contribution in [0.1, 0.15) is 20.7 Å². The summed E-state index contributed by atoms with van der Waals surface area (Å²) in [5.41, 5.74) is 12.9. The zero-order valence-corrected chi connectivity index (χ0v) is 14.9. The molecular formula is C19H16N4O3S. The molecular weight excluding hydrogens is 364 g/mol. The number of rotatable bonds is 5. The van der Waals surface area contributed by atoms with Crippen LogP contribution in [-0.4, -0.2) is 17.8 Å². The Hall–Kier alpha value is -3.65. The van der Waals surface area contributed by atoms with E-state index in [0.717, 1.165) is 22.5 Å². The van der Waals surface area contributed by atoms with Crippen molar-refractivity contribution >= 4 is 39.2 Å². The van der Waals surface area contributed by atoms with Crippen LogP contribution in [0.2, 0.25) is 0 Å². The van der Waals surface area contributed by atoms with Gasteiger partial charge in [-0.3, -0.25) is 14.9 Å². The van der Waals surface area contributed by atoms with Crippen molar-refractivity contribution in [2.45, 2.75) is 0 Å². The van der Waals surface area contributed by atoms with E-state index >= 15 is 0 Å². The molecule has 1 heterocycles.